The molecular weight excluding hydrogens is 312 g/mol. The van der Waals surface area contributed by atoms with E-state index in [4.69, 9.17) is 14.2 Å². The first-order chi connectivity index (χ1) is 11.5. The van der Waals surface area contributed by atoms with Crippen LogP contribution in [-0.2, 0) is 4.74 Å². The number of hydrogen-bond acceptors (Lipinski definition) is 6. The summed E-state index contributed by atoms with van der Waals surface area (Å²) >= 11 is 0. The monoisotopic (exact) mass is 334 g/mol. The highest BCUT2D eigenvalue weighted by Crippen LogP contribution is 2.39. The molecule has 0 spiro atoms. The van der Waals surface area contributed by atoms with Crippen molar-refractivity contribution >= 4 is 0 Å². The highest BCUT2D eigenvalue weighted by molar-refractivity contribution is 5.46. The van der Waals surface area contributed by atoms with E-state index in [1.165, 1.54) is 26.4 Å². The quantitative estimate of drug-likeness (QED) is 0.721. The number of aliphatic hydroxyl groups is 1. The molecule has 24 heavy (non-hydrogen) atoms. The molecule has 0 unspecified atom stereocenters. The Hall–Kier alpha value is -2.44. The molecule has 2 aromatic rings. The van der Waals surface area contributed by atoms with Crippen molar-refractivity contribution in [3.05, 3.63) is 47.5 Å². The summed E-state index contributed by atoms with van der Waals surface area (Å²) in [4.78, 5) is 0. The van der Waals surface area contributed by atoms with Gasteiger partial charge in [-0.1, -0.05) is 12.1 Å². The number of methoxy groups -OCH3 is 3. The van der Waals surface area contributed by atoms with Gasteiger partial charge in [-0.15, -0.1) is 0 Å². The van der Waals surface area contributed by atoms with Crippen molar-refractivity contribution in [2.45, 2.75) is 12.0 Å². The van der Waals surface area contributed by atoms with Crippen LogP contribution in [0.2, 0.25) is 0 Å². The Kier molecular flexibility index (Phi) is 5.89. The van der Waals surface area contributed by atoms with Crippen LogP contribution in [0.15, 0.2) is 36.4 Å². The Morgan fingerprint density at radius 3 is 1.79 bits per heavy atom. The van der Waals surface area contributed by atoms with Crippen LogP contribution in [0.1, 0.15) is 23.1 Å². The molecule has 0 saturated carbocycles. The highest BCUT2D eigenvalue weighted by Gasteiger charge is 2.26. The van der Waals surface area contributed by atoms with Crippen molar-refractivity contribution in [2.24, 2.45) is 0 Å². The third kappa shape index (κ3) is 3.55. The molecule has 6 heteroatoms. The number of aliphatic hydroxyl groups excluding tert-OH is 1. The van der Waals surface area contributed by atoms with Gasteiger partial charge in [0.15, 0.2) is 23.0 Å². The predicted molar refractivity (Wildman–Crippen MR) is 88.9 cm³/mol. The van der Waals surface area contributed by atoms with E-state index in [1.54, 1.807) is 31.4 Å². The lowest BCUT2D eigenvalue weighted by atomic mass is 9.89. The average Bonchev–Trinajstić information content (AvgIpc) is 2.61. The smallest absolute Gasteiger partial charge is 0.160 e. The van der Waals surface area contributed by atoms with Gasteiger partial charge in [0.25, 0.3) is 0 Å². The molecule has 0 radical (unpaired) electrons. The maximum Gasteiger partial charge on any atom is 0.160 e. The number of hydrogen-bond donors (Lipinski definition) is 3. The van der Waals surface area contributed by atoms with E-state index in [2.05, 4.69) is 0 Å². The Balaban J connectivity index is 2.43. The van der Waals surface area contributed by atoms with E-state index in [0.29, 0.717) is 11.5 Å². The number of phenolic OH excluding ortho intramolecular Hbond substituents is 2. The molecule has 0 aliphatic rings. The fraction of sp³-hybridized carbons (Fsp3) is 0.333. The highest BCUT2D eigenvalue weighted by atomic mass is 16.5. The average molecular weight is 334 g/mol. The van der Waals surface area contributed by atoms with E-state index in [1.807, 2.05) is 0 Å². The van der Waals surface area contributed by atoms with Crippen molar-refractivity contribution in [3.63, 3.8) is 0 Å². The first-order valence-corrected chi connectivity index (χ1v) is 7.43. The summed E-state index contributed by atoms with van der Waals surface area (Å²) in [6, 6.07) is 9.80. The molecule has 0 fully saturated rings. The van der Waals surface area contributed by atoms with Crippen molar-refractivity contribution in [1.82, 2.24) is 0 Å². The molecule has 6 nitrogen and oxygen atoms in total. The maximum absolute atomic E-state index is 9.89. The molecule has 2 aromatic carbocycles. The van der Waals surface area contributed by atoms with E-state index in [9.17, 15) is 15.3 Å². The first-order valence-electron chi connectivity index (χ1n) is 7.43. The second kappa shape index (κ2) is 7.90. The molecule has 0 heterocycles. The maximum atomic E-state index is 9.89. The number of ether oxygens (including phenoxy) is 3. The summed E-state index contributed by atoms with van der Waals surface area (Å²) in [5.41, 5.74) is 1.50. The minimum Gasteiger partial charge on any atom is -0.504 e. The van der Waals surface area contributed by atoms with E-state index in [0.717, 1.165) is 11.1 Å². The lowest BCUT2D eigenvalue weighted by Crippen LogP contribution is -2.17. The van der Waals surface area contributed by atoms with E-state index >= 15 is 0 Å². The summed E-state index contributed by atoms with van der Waals surface area (Å²) in [5, 5.41) is 29.4. The third-order valence-corrected chi connectivity index (χ3v) is 3.98. The zero-order valence-corrected chi connectivity index (χ0v) is 13.9. The standard InChI is InChI=1S/C18H22O6/c1-22-16-8-11(4-6-14(16)20)13(10-19)18(24-3)12-5-7-15(21)17(9-12)23-2/h4-9,13,18-21H,10H2,1-3H3/t13-,18-/m0/s1. The van der Waals surface area contributed by atoms with Gasteiger partial charge < -0.3 is 29.5 Å². The summed E-state index contributed by atoms with van der Waals surface area (Å²) in [5.74, 6) is 0.318. The van der Waals surface area contributed by atoms with E-state index < -0.39 is 12.0 Å². The molecule has 2 rings (SSSR count). The van der Waals surface area contributed by atoms with Crippen LogP contribution in [0.25, 0.3) is 0 Å². The molecule has 0 amide bonds. The zero-order valence-electron chi connectivity index (χ0n) is 13.9. The Labute approximate surface area is 140 Å². The number of benzene rings is 2. The van der Waals surface area contributed by atoms with Crippen molar-refractivity contribution in [3.8, 4) is 23.0 Å². The van der Waals surface area contributed by atoms with Crippen LogP contribution in [0.4, 0.5) is 0 Å². The summed E-state index contributed by atoms with van der Waals surface area (Å²) in [7, 11) is 4.48. The van der Waals surface area contributed by atoms with Gasteiger partial charge in [-0.25, -0.2) is 0 Å². The van der Waals surface area contributed by atoms with Gasteiger partial charge in [-0.3, -0.25) is 0 Å². The van der Waals surface area contributed by atoms with Gasteiger partial charge >= 0.3 is 0 Å². The van der Waals surface area contributed by atoms with Gasteiger partial charge in [0.05, 0.1) is 26.9 Å². The molecule has 0 saturated heterocycles. The van der Waals surface area contributed by atoms with Crippen LogP contribution >= 0.6 is 0 Å². The summed E-state index contributed by atoms with van der Waals surface area (Å²) in [6.45, 7) is -0.171. The van der Waals surface area contributed by atoms with Crippen LogP contribution in [0.5, 0.6) is 23.0 Å². The van der Waals surface area contributed by atoms with Crippen molar-refractivity contribution in [1.29, 1.82) is 0 Å². The molecular formula is C18H22O6. The normalized spacial score (nSPS) is 13.3. The zero-order chi connectivity index (χ0) is 17.7. The molecule has 0 bridgehead atoms. The molecule has 0 aromatic heterocycles. The molecule has 3 N–H and O–H groups in total. The van der Waals surface area contributed by atoms with Crippen LogP contribution in [0, 0.1) is 0 Å². The first kappa shape index (κ1) is 17.9. The predicted octanol–water partition coefficient (Wildman–Crippen LogP) is 2.58. The summed E-state index contributed by atoms with van der Waals surface area (Å²) < 4.78 is 15.8. The Bertz CT molecular complexity index is 626. The number of phenols is 2. The molecule has 130 valence electrons. The fourth-order valence-corrected chi connectivity index (χ4v) is 2.70. The minimum absolute atomic E-state index is 0.0261. The van der Waals surface area contributed by atoms with Gasteiger partial charge in [-0.05, 0) is 35.4 Å². The number of rotatable bonds is 7. The second-order valence-electron chi connectivity index (χ2n) is 5.31. The molecule has 0 aliphatic carbocycles. The van der Waals surface area contributed by atoms with Crippen molar-refractivity contribution < 1.29 is 29.5 Å². The Morgan fingerprint density at radius 2 is 1.33 bits per heavy atom. The van der Waals surface area contributed by atoms with Gasteiger partial charge in [-0.2, -0.15) is 0 Å². The van der Waals surface area contributed by atoms with Gasteiger partial charge in [0, 0.05) is 13.0 Å². The fourth-order valence-electron chi connectivity index (χ4n) is 2.70. The largest absolute Gasteiger partial charge is 0.504 e. The van der Waals surface area contributed by atoms with Gasteiger partial charge in [0.1, 0.15) is 0 Å². The van der Waals surface area contributed by atoms with Crippen LogP contribution in [0.3, 0.4) is 0 Å². The lowest BCUT2D eigenvalue weighted by Gasteiger charge is -2.26. The summed E-state index contributed by atoms with van der Waals surface area (Å²) in [6.07, 6.45) is -0.473. The SMILES string of the molecule is COc1cc([C@H](CO)[C@@H](OC)c2ccc(O)c(OC)c2)ccc1O. The Morgan fingerprint density at radius 1 is 0.833 bits per heavy atom. The molecule has 2 atom stereocenters. The third-order valence-electron chi connectivity index (χ3n) is 3.98. The van der Waals surface area contributed by atoms with Crippen molar-refractivity contribution in [2.75, 3.05) is 27.9 Å². The minimum atomic E-state index is -0.473. The van der Waals surface area contributed by atoms with Gasteiger partial charge in [0.2, 0.25) is 0 Å². The van der Waals surface area contributed by atoms with E-state index in [-0.39, 0.29) is 18.1 Å². The van der Waals surface area contributed by atoms with Crippen LogP contribution < -0.4 is 9.47 Å². The molecule has 0 aliphatic heterocycles. The second-order valence-corrected chi connectivity index (χ2v) is 5.31. The number of aromatic hydroxyl groups is 2. The lowest BCUT2D eigenvalue weighted by molar-refractivity contribution is 0.0563. The topological polar surface area (TPSA) is 88.4 Å². The van der Waals surface area contributed by atoms with Crippen LogP contribution in [-0.4, -0.2) is 43.3 Å².